The number of amides is 1. The average Bonchev–Trinajstić information content (AvgIpc) is 3.41. The van der Waals surface area contributed by atoms with Crippen molar-refractivity contribution in [3.05, 3.63) is 42.9 Å². The number of H-pyrrole nitrogens is 1. The lowest BCUT2D eigenvalue weighted by Crippen LogP contribution is -2.35. The second-order valence-electron chi connectivity index (χ2n) is 8.14. The largest absolute Gasteiger partial charge is 0.460 e. The monoisotopic (exact) mass is 442 g/mol. The van der Waals surface area contributed by atoms with Gasteiger partial charge in [-0.05, 0) is 25.0 Å². The van der Waals surface area contributed by atoms with Crippen LogP contribution in [0.5, 0.6) is 6.01 Å². The third kappa shape index (κ3) is 3.82. The maximum Gasteiger partial charge on any atom is 0.319 e. The summed E-state index contributed by atoms with van der Waals surface area (Å²) in [5.41, 5.74) is 1.80. The van der Waals surface area contributed by atoms with Crippen LogP contribution in [0.2, 0.25) is 0 Å². The Hall–Kier alpha value is -3.37. The zero-order valence-corrected chi connectivity index (χ0v) is 17.3. The van der Waals surface area contributed by atoms with Gasteiger partial charge in [0.05, 0.1) is 12.2 Å². The number of anilines is 1. The molecule has 9 nitrogen and oxygen atoms in total. The Morgan fingerprint density at radius 1 is 1.25 bits per heavy atom. The topological polar surface area (TPSA) is 100 Å². The van der Waals surface area contributed by atoms with Crippen molar-refractivity contribution in [2.24, 2.45) is 0 Å². The number of carbonyl (C=O) groups excluding carboxylic acids is 1. The van der Waals surface area contributed by atoms with Crippen molar-refractivity contribution in [1.29, 1.82) is 0 Å². The number of aromatic nitrogens is 5. The Bertz CT molecular complexity index is 1140. The highest BCUT2D eigenvalue weighted by atomic mass is 19.3. The lowest BCUT2D eigenvalue weighted by atomic mass is 9.92. The summed E-state index contributed by atoms with van der Waals surface area (Å²) >= 11 is 0. The molecule has 32 heavy (non-hydrogen) atoms. The van der Waals surface area contributed by atoms with Gasteiger partial charge < -0.3 is 14.5 Å². The van der Waals surface area contributed by atoms with E-state index >= 15 is 0 Å². The van der Waals surface area contributed by atoms with Crippen LogP contribution in [-0.4, -0.2) is 68.1 Å². The van der Waals surface area contributed by atoms with Crippen LogP contribution in [0.4, 0.5) is 14.6 Å². The van der Waals surface area contributed by atoms with Gasteiger partial charge in [0, 0.05) is 49.6 Å². The fraction of sp³-hybridized carbons (Fsp3) is 0.429. The van der Waals surface area contributed by atoms with E-state index in [1.54, 1.807) is 6.20 Å². The fourth-order valence-corrected chi connectivity index (χ4v) is 4.39. The fourth-order valence-electron chi connectivity index (χ4n) is 4.39. The number of nitrogens with one attached hydrogen (secondary N) is 1. The van der Waals surface area contributed by atoms with Crippen LogP contribution in [0.15, 0.2) is 24.4 Å². The standard InChI is InChI=1S/C21H22F2N7O2/c1-32-20-25-15(19(31)30-10-6-21(22,23)12-30)11-16(26-20)29-8-4-13(5-9-29)17-14-3-2-7-24-18(14)28-27-17/h2-3,7,11,13H,1,4-6,8-10,12H2,(H,24,27,28). The molecule has 3 aromatic rings. The number of likely N-dealkylation sites (tertiary alicyclic amines) is 1. The van der Waals surface area contributed by atoms with Crippen LogP contribution >= 0.6 is 0 Å². The molecule has 0 bridgehead atoms. The van der Waals surface area contributed by atoms with Crippen molar-refractivity contribution in [2.45, 2.75) is 31.1 Å². The van der Waals surface area contributed by atoms with E-state index in [4.69, 9.17) is 4.74 Å². The summed E-state index contributed by atoms with van der Waals surface area (Å²) in [7, 11) is 3.33. The highest BCUT2D eigenvalue weighted by Crippen LogP contribution is 2.33. The van der Waals surface area contributed by atoms with E-state index in [0.717, 1.165) is 34.5 Å². The minimum Gasteiger partial charge on any atom is -0.460 e. The molecular weight excluding hydrogens is 420 g/mol. The molecule has 11 heteroatoms. The lowest BCUT2D eigenvalue weighted by molar-refractivity contribution is 0.0119. The summed E-state index contributed by atoms with van der Waals surface area (Å²) in [5.74, 6) is -2.65. The van der Waals surface area contributed by atoms with Crippen LogP contribution in [0, 0.1) is 7.11 Å². The van der Waals surface area contributed by atoms with E-state index in [2.05, 4.69) is 32.3 Å². The molecule has 0 saturated carbocycles. The highest BCUT2D eigenvalue weighted by molar-refractivity contribution is 5.93. The number of alkyl halides is 2. The van der Waals surface area contributed by atoms with Crippen molar-refractivity contribution in [3.8, 4) is 6.01 Å². The SMILES string of the molecule is [CH2]Oc1nc(C(=O)N2CCC(F)(F)C2)cc(N2CCC(c3n[nH]c4ncccc34)CC2)n1. The smallest absolute Gasteiger partial charge is 0.319 e. The van der Waals surface area contributed by atoms with Crippen molar-refractivity contribution >= 4 is 22.8 Å². The van der Waals surface area contributed by atoms with Gasteiger partial charge in [0.25, 0.3) is 11.8 Å². The maximum absolute atomic E-state index is 13.6. The molecule has 5 heterocycles. The van der Waals surface area contributed by atoms with E-state index in [1.807, 2.05) is 17.0 Å². The number of rotatable bonds is 4. The summed E-state index contributed by atoms with van der Waals surface area (Å²) in [6.45, 7) is 0.748. The van der Waals surface area contributed by atoms with E-state index in [9.17, 15) is 13.6 Å². The second kappa shape index (κ2) is 7.95. The lowest BCUT2D eigenvalue weighted by Gasteiger charge is -2.32. The van der Waals surface area contributed by atoms with Gasteiger partial charge >= 0.3 is 6.01 Å². The Labute approximate surface area is 182 Å². The van der Waals surface area contributed by atoms with Crippen LogP contribution in [0.25, 0.3) is 11.0 Å². The minimum absolute atomic E-state index is 0.0103. The van der Waals surface area contributed by atoms with Gasteiger partial charge in [-0.3, -0.25) is 9.89 Å². The molecule has 0 spiro atoms. The molecular formula is C21H22F2N7O2. The molecule has 1 amide bonds. The number of halogens is 2. The third-order valence-electron chi connectivity index (χ3n) is 6.07. The number of piperidine rings is 1. The first kappa shape index (κ1) is 20.5. The maximum atomic E-state index is 13.6. The number of hydrogen-bond donors (Lipinski definition) is 1. The number of hydrogen-bond acceptors (Lipinski definition) is 7. The third-order valence-corrected chi connectivity index (χ3v) is 6.07. The number of carbonyl (C=O) groups is 1. The van der Waals surface area contributed by atoms with Gasteiger partial charge in [-0.25, -0.2) is 13.8 Å². The second-order valence-corrected chi connectivity index (χ2v) is 8.14. The first-order valence-corrected chi connectivity index (χ1v) is 10.5. The van der Waals surface area contributed by atoms with Crippen molar-refractivity contribution in [2.75, 3.05) is 31.1 Å². The molecule has 2 fully saturated rings. The van der Waals surface area contributed by atoms with E-state index in [0.29, 0.717) is 18.9 Å². The van der Waals surface area contributed by atoms with Crippen LogP contribution in [0.3, 0.4) is 0 Å². The van der Waals surface area contributed by atoms with Gasteiger partial charge in [0.15, 0.2) is 5.65 Å². The molecule has 1 N–H and O–H groups in total. The molecule has 3 aromatic heterocycles. The Balaban J connectivity index is 1.33. The first-order valence-electron chi connectivity index (χ1n) is 10.5. The molecule has 167 valence electrons. The Morgan fingerprint density at radius 3 is 2.78 bits per heavy atom. The van der Waals surface area contributed by atoms with Crippen LogP contribution < -0.4 is 9.64 Å². The minimum atomic E-state index is -2.87. The van der Waals surface area contributed by atoms with E-state index in [-0.39, 0.29) is 30.6 Å². The number of pyridine rings is 1. The number of aromatic amines is 1. The molecule has 2 aliphatic rings. The summed E-state index contributed by atoms with van der Waals surface area (Å²) in [5, 5.41) is 8.47. The van der Waals surface area contributed by atoms with E-state index in [1.165, 1.54) is 6.07 Å². The van der Waals surface area contributed by atoms with Gasteiger partial charge in [0.1, 0.15) is 18.6 Å². The predicted molar refractivity (Wildman–Crippen MR) is 112 cm³/mol. The Kier molecular flexibility index (Phi) is 5.10. The van der Waals surface area contributed by atoms with Crippen LogP contribution in [-0.2, 0) is 0 Å². The van der Waals surface area contributed by atoms with Gasteiger partial charge in [0.2, 0.25) is 0 Å². The summed E-state index contributed by atoms with van der Waals surface area (Å²) in [6.07, 6.45) is 3.05. The van der Waals surface area contributed by atoms with Gasteiger partial charge in [-0.2, -0.15) is 15.1 Å². The van der Waals surface area contributed by atoms with Crippen LogP contribution in [0.1, 0.15) is 41.4 Å². The normalized spacial score (nSPS) is 19.0. The molecule has 0 unspecified atom stereocenters. The van der Waals surface area contributed by atoms with Crippen molar-refractivity contribution in [1.82, 2.24) is 30.0 Å². The van der Waals surface area contributed by atoms with Gasteiger partial charge in [-0.1, -0.05) is 0 Å². The molecule has 0 aromatic carbocycles. The summed E-state index contributed by atoms with van der Waals surface area (Å²) in [6, 6.07) is 5.38. The number of fused-ring (bicyclic) bond motifs is 1. The highest BCUT2D eigenvalue weighted by Gasteiger charge is 2.41. The quantitative estimate of drug-likeness (QED) is 0.663. The van der Waals surface area contributed by atoms with Crippen molar-refractivity contribution < 1.29 is 18.3 Å². The number of nitrogens with zero attached hydrogens (tertiary/aromatic N) is 6. The molecule has 2 aliphatic heterocycles. The van der Waals surface area contributed by atoms with E-state index < -0.39 is 18.4 Å². The average molecular weight is 442 g/mol. The van der Waals surface area contributed by atoms with Gasteiger partial charge in [-0.15, -0.1) is 0 Å². The summed E-state index contributed by atoms with van der Waals surface area (Å²) < 4.78 is 32.0. The molecule has 0 aliphatic carbocycles. The number of ether oxygens (including phenoxy) is 1. The summed E-state index contributed by atoms with van der Waals surface area (Å²) in [4.78, 5) is 28.6. The Morgan fingerprint density at radius 2 is 2.06 bits per heavy atom. The van der Waals surface area contributed by atoms with Crippen molar-refractivity contribution in [3.63, 3.8) is 0 Å². The molecule has 0 atom stereocenters. The zero-order valence-electron chi connectivity index (χ0n) is 17.3. The predicted octanol–water partition coefficient (Wildman–Crippen LogP) is 2.78. The first-order chi connectivity index (χ1) is 15.4. The zero-order chi connectivity index (χ0) is 22.3. The molecule has 1 radical (unpaired) electrons. The molecule has 5 rings (SSSR count). The molecule has 2 saturated heterocycles.